The molecule has 5 nitrogen and oxygen atoms in total. The van der Waals surface area contributed by atoms with Gasteiger partial charge >= 0.3 is 11.9 Å². The van der Waals surface area contributed by atoms with Gasteiger partial charge in [0.15, 0.2) is 6.10 Å². The topological polar surface area (TPSA) is 72.8 Å². The summed E-state index contributed by atoms with van der Waals surface area (Å²) in [6.45, 7) is 4.00. The minimum atomic E-state index is -0.798. The number of allylic oxidation sites excluding steroid dienone is 20. The van der Waals surface area contributed by atoms with Crippen molar-refractivity contribution in [3.63, 3.8) is 0 Å². The Balaban J connectivity index is 3.49. The number of ether oxygens (including phenoxy) is 2. The van der Waals surface area contributed by atoms with Gasteiger partial charge in [-0.3, -0.25) is 9.59 Å². The fraction of sp³-hybridized carbons (Fsp3) is 0.699. The van der Waals surface area contributed by atoms with Crippen molar-refractivity contribution < 1.29 is 24.2 Å². The molecule has 5 heteroatoms. The minimum absolute atomic E-state index is 0.0837. The second-order valence-electron chi connectivity index (χ2n) is 21.8. The van der Waals surface area contributed by atoms with E-state index in [1.165, 1.54) is 180 Å². The molecule has 0 spiro atoms. The van der Waals surface area contributed by atoms with Crippen LogP contribution in [-0.2, 0) is 19.1 Å². The first kappa shape index (κ1) is 74.3. The maximum Gasteiger partial charge on any atom is 0.306 e. The Kier molecular flexibility index (Phi) is 64.4. The highest BCUT2D eigenvalue weighted by Gasteiger charge is 2.16. The number of aliphatic hydroxyl groups is 1. The maximum atomic E-state index is 12.3. The number of aliphatic hydroxyl groups excluding tert-OH is 1. The molecular weight excluding hydrogens is 957 g/mol. The number of carbonyl (C=O) groups is 2. The van der Waals surface area contributed by atoms with Crippen LogP contribution in [0.15, 0.2) is 122 Å². The summed E-state index contributed by atoms with van der Waals surface area (Å²) >= 11 is 0. The van der Waals surface area contributed by atoms with Gasteiger partial charge in [0.05, 0.1) is 6.61 Å². The van der Waals surface area contributed by atoms with E-state index >= 15 is 0 Å². The Labute approximate surface area is 483 Å². The Morgan fingerprint density at radius 1 is 0.308 bits per heavy atom. The molecule has 0 heterocycles. The predicted octanol–water partition coefficient (Wildman–Crippen LogP) is 23.0. The zero-order chi connectivity index (χ0) is 56.2. The van der Waals surface area contributed by atoms with Gasteiger partial charge in [0.25, 0.3) is 0 Å². The highest BCUT2D eigenvalue weighted by Crippen LogP contribution is 2.17. The van der Waals surface area contributed by atoms with Crippen molar-refractivity contribution in [2.45, 2.75) is 315 Å². The molecule has 1 unspecified atom stereocenters. The van der Waals surface area contributed by atoms with Crippen molar-refractivity contribution in [2.24, 2.45) is 0 Å². The van der Waals surface area contributed by atoms with Gasteiger partial charge in [-0.2, -0.15) is 0 Å². The normalized spacial score (nSPS) is 13.0. The molecule has 0 aliphatic carbocycles. The summed E-state index contributed by atoms with van der Waals surface area (Å²) < 4.78 is 10.7. The van der Waals surface area contributed by atoms with Gasteiger partial charge in [0, 0.05) is 12.8 Å². The zero-order valence-corrected chi connectivity index (χ0v) is 51.1. The van der Waals surface area contributed by atoms with Crippen LogP contribution in [0.25, 0.3) is 0 Å². The Hall–Kier alpha value is -3.70. The van der Waals surface area contributed by atoms with E-state index in [9.17, 15) is 14.7 Å². The van der Waals surface area contributed by atoms with Crippen LogP contribution < -0.4 is 0 Å². The lowest BCUT2D eigenvalue weighted by molar-refractivity contribution is -0.161. The van der Waals surface area contributed by atoms with Crippen molar-refractivity contribution in [1.29, 1.82) is 0 Å². The summed E-state index contributed by atoms with van der Waals surface area (Å²) in [4.78, 5) is 24.6. The maximum absolute atomic E-state index is 12.3. The predicted molar refractivity (Wildman–Crippen MR) is 343 cm³/mol. The van der Waals surface area contributed by atoms with Crippen LogP contribution in [0, 0.1) is 0 Å². The van der Waals surface area contributed by atoms with Crippen molar-refractivity contribution >= 4 is 11.9 Å². The molecule has 0 aliphatic heterocycles. The first-order valence-electron chi connectivity index (χ1n) is 33.1. The number of rotatable bonds is 60. The van der Waals surface area contributed by atoms with E-state index in [-0.39, 0.29) is 25.2 Å². The summed E-state index contributed by atoms with van der Waals surface area (Å²) in [5, 5.41) is 9.67. The van der Waals surface area contributed by atoms with E-state index in [0.717, 1.165) is 103 Å². The third-order valence-electron chi connectivity index (χ3n) is 14.2. The molecule has 0 amide bonds. The van der Waals surface area contributed by atoms with E-state index in [1.54, 1.807) is 0 Å². The lowest BCUT2D eigenvalue weighted by Gasteiger charge is -2.15. The van der Waals surface area contributed by atoms with Crippen LogP contribution in [0.4, 0.5) is 0 Å². The lowest BCUT2D eigenvalue weighted by atomic mass is 10.0. The molecule has 0 aromatic carbocycles. The molecule has 0 saturated heterocycles. The van der Waals surface area contributed by atoms with Gasteiger partial charge in [0.1, 0.15) is 6.61 Å². The van der Waals surface area contributed by atoms with Gasteiger partial charge in [-0.25, -0.2) is 0 Å². The van der Waals surface area contributed by atoms with Gasteiger partial charge in [-0.15, -0.1) is 0 Å². The van der Waals surface area contributed by atoms with Crippen molar-refractivity contribution in [3.8, 4) is 0 Å². The number of hydrogen-bond donors (Lipinski definition) is 1. The van der Waals surface area contributed by atoms with Crippen molar-refractivity contribution in [2.75, 3.05) is 13.2 Å². The molecule has 0 fully saturated rings. The highest BCUT2D eigenvalue weighted by molar-refractivity contribution is 5.70. The minimum Gasteiger partial charge on any atom is -0.462 e. The van der Waals surface area contributed by atoms with Gasteiger partial charge in [0.2, 0.25) is 0 Å². The number of esters is 2. The molecule has 0 saturated carbocycles. The molecule has 0 aromatic heterocycles. The Bertz CT molecular complexity index is 1550. The van der Waals surface area contributed by atoms with Gasteiger partial charge < -0.3 is 14.6 Å². The summed E-state index contributed by atoms with van der Waals surface area (Å²) in [6, 6.07) is 0. The van der Waals surface area contributed by atoms with Crippen LogP contribution in [0.5, 0.6) is 0 Å². The van der Waals surface area contributed by atoms with Gasteiger partial charge in [-0.05, 0) is 109 Å². The van der Waals surface area contributed by atoms with E-state index < -0.39 is 6.10 Å². The van der Waals surface area contributed by atoms with Crippen LogP contribution in [0.3, 0.4) is 0 Å². The second kappa shape index (κ2) is 67.6. The van der Waals surface area contributed by atoms with E-state index in [2.05, 4.69) is 135 Å². The zero-order valence-electron chi connectivity index (χ0n) is 51.1. The largest absolute Gasteiger partial charge is 0.462 e. The molecular formula is C73H124O5. The molecule has 0 bridgehead atoms. The number of carbonyl (C=O) groups excluding carboxylic acids is 2. The molecule has 1 N–H and O–H groups in total. The van der Waals surface area contributed by atoms with Crippen molar-refractivity contribution in [3.05, 3.63) is 122 Å². The average molecular weight is 1080 g/mol. The average Bonchev–Trinajstić information content (AvgIpc) is 3.44. The van der Waals surface area contributed by atoms with Gasteiger partial charge in [-0.1, -0.05) is 309 Å². The SMILES string of the molecule is CC/C=C\C/C=C\C/C=C\C/C=C\C/C=C\C/C=C\C/C=C\CCCCCC(=O)OC(CO)COC(=O)CCCCCCCCCCCCCCCCCCCCCCCCCC/C=C\C/C=C\C/C=C\CCCCCCC. The first-order chi connectivity index (χ1) is 38.6. The first-order valence-corrected chi connectivity index (χ1v) is 33.1. The van der Waals surface area contributed by atoms with Crippen molar-refractivity contribution in [1.82, 2.24) is 0 Å². The standard InChI is InChI=1S/C73H124O5/c1-3-5-7-9-11-13-15-17-19-21-23-25-27-29-30-31-32-33-34-35-36-37-38-39-40-41-42-44-45-47-49-51-53-55-57-59-61-63-65-67-72(75)77-70-71(69-74)78-73(76)68-66-64-62-60-58-56-54-52-50-48-46-43-28-26-24-22-20-18-16-14-12-10-8-6-4-2/h6,8,12,14-15,17-18,20-21,23-24,26-27,29,43,46,50,52,56,58,71,74H,3-5,7,9-11,13,16,19,22,25,28,30-42,44-45,47-49,51,53-55,57,59-70H2,1-2H3/b8-6-,14-12-,17-15-,20-18-,23-21-,26-24-,29-27-,46-43-,52-50-,58-56-. The number of hydrogen-bond acceptors (Lipinski definition) is 5. The molecule has 1 atom stereocenters. The van der Waals surface area contributed by atoms with Crippen LogP contribution in [-0.4, -0.2) is 36.4 Å². The molecule has 0 rings (SSSR count). The third kappa shape index (κ3) is 64.8. The summed E-state index contributed by atoms with van der Waals surface area (Å²) in [6.07, 6.45) is 99.3. The highest BCUT2D eigenvalue weighted by atomic mass is 16.6. The summed E-state index contributed by atoms with van der Waals surface area (Å²) in [7, 11) is 0. The molecule has 0 aromatic rings. The fourth-order valence-electron chi connectivity index (χ4n) is 9.31. The van der Waals surface area contributed by atoms with E-state index in [1.807, 2.05) is 0 Å². The van der Waals surface area contributed by atoms with Crippen LogP contribution >= 0.6 is 0 Å². The fourth-order valence-corrected chi connectivity index (χ4v) is 9.31. The molecule has 0 radical (unpaired) electrons. The smallest absolute Gasteiger partial charge is 0.306 e. The molecule has 78 heavy (non-hydrogen) atoms. The summed E-state index contributed by atoms with van der Waals surface area (Å²) in [5.41, 5.74) is 0. The molecule has 0 aliphatic rings. The third-order valence-corrected chi connectivity index (χ3v) is 14.2. The second-order valence-corrected chi connectivity index (χ2v) is 21.8. The Morgan fingerprint density at radius 3 is 0.846 bits per heavy atom. The van der Waals surface area contributed by atoms with E-state index in [4.69, 9.17) is 9.47 Å². The van der Waals surface area contributed by atoms with Crippen LogP contribution in [0.2, 0.25) is 0 Å². The monoisotopic (exact) mass is 1080 g/mol. The Morgan fingerprint density at radius 2 is 0.551 bits per heavy atom. The van der Waals surface area contributed by atoms with E-state index in [0.29, 0.717) is 12.8 Å². The molecule has 446 valence electrons. The summed E-state index contributed by atoms with van der Waals surface area (Å²) in [5.74, 6) is -0.625. The van der Waals surface area contributed by atoms with Crippen LogP contribution in [0.1, 0.15) is 309 Å². The lowest BCUT2D eigenvalue weighted by Crippen LogP contribution is -2.28. The number of unbranched alkanes of at least 4 members (excludes halogenated alkanes) is 32. The quantitative estimate of drug-likeness (QED) is 0.0373.